The molecule has 1 aliphatic rings. The normalized spacial score (nSPS) is 13.5. The molecule has 1 aromatic carbocycles. The van der Waals surface area contributed by atoms with Gasteiger partial charge in [0.05, 0.1) is 12.2 Å². The van der Waals surface area contributed by atoms with E-state index >= 15 is 0 Å². The summed E-state index contributed by atoms with van der Waals surface area (Å²) in [5.74, 6) is 2.43. The van der Waals surface area contributed by atoms with Crippen molar-refractivity contribution in [2.45, 2.75) is 20.0 Å². The van der Waals surface area contributed by atoms with Gasteiger partial charge in [0.1, 0.15) is 5.82 Å². The third-order valence-corrected chi connectivity index (χ3v) is 3.82. The van der Waals surface area contributed by atoms with Gasteiger partial charge in [0.2, 0.25) is 5.95 Å². The van der Waals surface area contributed by atoms with Crippen molar-refractivity contribution < 1.29 is 0 Å². The predicted molar refractivity (Wildman–Crippen MR) is 83.1 cm³/mol. The molecule has 1 aliphatic heterocycles. The Hall–Kier alpha value is -2.76. The maximum atomic E-state index is 4.73. The lowest BCUT2D eigenvalue weighted by Crippen LogP contribution is -2.19. The molecule has 3 aromatic rings. The molecule has 0 atom stereocenters. The van der Waals surface area contributed by atoms with Gasteiger partial charge in [0, 0.05) is 30.9 Å². The van der Waals surface area contributed by atoms with Crippen LogP contribution in [0, 0.1) is 6.92 Å². The fraction of sp³-hybridized carbons (Fsp3) is 0.250. The van der Waals surface area contributed by atoms with Crippen molar-refractivity contribution in [1.29, 1.82) is 0 Å². The van der Waals surface area contributed by atoms with Gasteiger partial charge >= 0.3 is 0 Å². The highest BCUT2D eigenvalue weighted by Gasteiger charge is 2.25. The number of aryl methyl sites for hydroxylation is 2. The van der Waals surface area contributed by atoms with E-state index < -0.39 is 0 Å². The minimum atomic E-state index is 0.740. The number of aromatic nitrogens is 5. The molecule has 0 amide bonds. The van der Waals surface area contributed by atoms with Crippen LogP contribution in [0.3, 0.4) is 0 Å². The quantitative estimate of drug-likeness (QED) is 0.724. The van der Waals surface area contributed by atoms with Gasteiger partial charge < -0.3 is 4.90 Å². The van der Waals surface area contributed by atoms with Crippen molar-refractivity contribution in [2.75, 3.05) is 4.90 Å². The zero-order valence-corrected chi connectivity index (χ0v) is 12.6. The third kappa shape index (κ3) is 2.13. The van der Waals surface area contributed by atoms with Crippen molar-refractivity contribution in [2.24, 2.45) is 7.05 Å². The van der Waals surface area contributed by atoms with Gasteiger partial charge in [0.25, 0.3) is 0 Å². The van der Waals surface area contributed by atoms with Crippen LogP contribution < -0.4 is 4.90 Å². The number of hydrogen-bond acceptors (Lipinski definition) is 5. The maximum absolute atomic E-state index is 4.73. The monoisotopic (exact) mass is 292 g/mol. The van der Waals surface area contributed by atoms with Gasteiger partial charge in [0.15, 0.2) is 5.82 Å². The zero-order chi connectivity index (χ0) is 15.1. The summed E-state index contributed by atoms with van der Waals surface area (Å²) in [7, 11) is 1.92. The average molecular weight is 292 g/mol. The summed E-state index contributed by atoms with van der Waals surface area (Å²) in [5, 5.41) is 4.31. The van der Waals surface area contributed by atoms with E-state index in [2.05, 4.69) is 20.0 Å². The fourth-order valence-electron chi connectivity index (χ4n) is 2.80. The van der Waals surface area contributed by atoms with E-state index in [1.54, 1.807) is 0 Å². The zero-order valence-electron chi connectivity index (χ0n) is 12.6. The lowest BCUT2D eigenvalue weighted by molar-refractivity contribution is 0.709. The summed E-state index contributed by atoms with van der Waals surface area (Å²) >= 11 is 0. The average Bonchev–Trinajstić information content (AvgIpc) is 3.09. The molecule has 0 unspecified atom stereocenters. The first-order chi connectivity index (χ1) is 10.7. The second-order valence-electron chi connectivity index (χ2n) is 5.47. The van der Waals surface area contributed by atoms with E-state index in [-0.39, 0.29) is 0 Å². The number of anilines is 1. The molecule has 0 bridgehead atoms. The molecular weight excluding hydrogens is 276 g/mol. The van der Waals surface area contributed by atoms with Crippen molar-refractivity contribution in [1.82, 2.24) is 24.7 Å². The second-order valence-corrected chi connectivity index (χ2v) is 5.47. The summed E-state index contributed by atoms with van der Waals surface area (Å²) in [6.45, 7) is 3.42. The Morgan fingerprint density at radius 1 is 1.05 bits per heavy atom. The van der Waals surface area contributed by atoms with Crippen LogP contribution in [0.25, 0.3) is 11.4 Å². The molecule has 0 fully saturated rings. The van der Waals surface area contributed by atoms with Gasteiger partial charge in [-0.2, -0.15) is 10.1 Å². The third-order valence-electron chi connectivity index (χ3n) is 3.82. The standard InChI is InChI=1S/C16H16N6/c1-11-18-16(21(2)20-11)22-9-13-8-17-15(19-14(13)10-22)12-6-4-3-5-7-12/h3-8H,9-10H2,1-2H3. The fourth-order valence-corrected chi connectivity index (χ4v) is 2.80. The Kier molecular flexibility index (Phi) is 2.89. The van der Waals surface area contributed by atoms with Gasteiger partial charge in [-0.05, 0) is 6.92 Å². The van der Waals surface area contributed by atoms with Crippen LogP contribution >= 0.6 is 0 Å². The van der Waals surface area contributed by atoms with E-state index in [9.17, 15) is 0 Å². The molecule has 0 spiro atoms. The minimum Gasteiger partial charge on any atom is -0.331 e. The highest BCUT2D eigenvalue weighted by molar-refractivity contribution is 5.55. The van der Waals surface area contributed by atoms with Crippen molar-refractivity contribution >= 4 is 5.95 Å². The Morgan fingerprint density at radius 3 is 2.59 bits per heavy atom. The Morgan fingerprint density at radius 2 is 1.86 bits per heavy atom. The molecule has 0 N–H and O–H groups in total. The van der Waals surface area contributed by atoms with Gasteiger partial charge in [-0.1, -0.05) is 30.3 Å². The first-order valence-electron chi connectivity index (χ1n) is 7.23. The minimum absolute atomic E-state index is 0.740. The van der Waals surface area contributed by atoms with Crippen LogP contribution in [0.4, 0.5) is 5.95 Å². The summed E-state index contributed by atoms with van der Waals surface area (Å²) in [5.41, 5.74) is 3.26. The summed E-state index contributed by atoms with van der Waals surface area (Å²) in [6, 6.07) is 10.1. The Bertz CT molecular complexity index is 824. The lowest BCUT2D eigenvalue weighted by atomic mass is 10.2. The van der Waals surface area contributed by atoms with Crippen LogP contribution in [-0.2, 0) is 20.1 Å². The largest absolute Gasteiger partial charge is 0.331 e. The molecule has 0 radical (unpaired) electrons. The van der Waals surface area contributed by atoms with Crippen molar-refractivity contribution in [3.8, 4) is 11.4 Å². The van der Waals surface area contributed by atoms with E-state index in [0.717, 1.165) is 47.5 Å². The Labute approximate surface area is 128 Å². The van der Waals surface area contributed by atoms with E-state index in [4.69, 9.17) is 4.98 Å². The van der Waals surface area contributed by atoms with E-state index in [0.29, 0.717) is 0 Å². The van der Waals surface area contributed by atoms with Crippen molar-refractivity contribution in [3.05, 3.63) is 53.6 Å². The molecule has 0 saturated carbocycles. The smallest absolute Gasteiger partial charge is 0.224 e. The van der Waals surface area contributed by atoms with Crippen LogP contribution in [0.15, 0.2) is 36.5 Å². The van der Waals surface area contributed by atoms with Crippen LogP contribution in [-0.4, -0.2) is 24.7 Å². The molecule has 6 heteroatoms. The molecule has 0 saturated heterocycles. The van der Waals surface area contributed by atoms with Crippen LogP contribution in [0.5, 0.6) is 0 Å². The van der Waals surface area contributed by atoms with E-state index in [1.807, 2.05) is 55.2 Å². The Balaban J connectivity index is 1.66. The lowest BCUT2D eigenvalue weighted by Gasteiger charge is -2.14. The molecule has 4 rings (SSSR count). The summed E-state index contributed by atoms with van der Waals surface area (Å²) in [4.78, 5) is 15.9. The van der Waals surface area contributed by atoms with Crippen LogP contribution in [0.1, 0.15) is 17.1 Å². The highest BCUT2D eigenvalue weighted by Crippen LogP contribution is 2.26. The van der Waals surface area contributed by atoms with E-state index in [1.165, 1.54) is 0 Å². The summed E-state index contributed by atoms with van der Waals surface area (Å²) < 4.78 is 1.81. The van der Waals surface area contributed by atoms with Gasteiger partial charge in [-0.15, -0.1) is 0 Å². The number of fused-ring (bicyclic) bond motifs is 1. The summed E-state index contributed by atoms with van der Waals surface area (Å²) in [6.07, 6.45) is 1.92. The number of benzene rings is 1. The molecule has 2 aromatic heterocycles. The van der Waals surface area contributed by atoms with Crippen LogP contribution in [0.2, 0.25) is 0 Å². The first kappa shape index (κ1) is 12.9. The molecule has 3 heterocycles. The van der Waals surface area contributed by atoms with Crippen molar-refractivity contribution in [3.63, 3.8) is 0 Å². The number of hydrogen-bond donors (Lipinski definition) is 0. The predicted octanol–water partition coefficient (Wildman–Crippen LogP) is 2.10. The molecule has 0 aliphatic carbocycles. The van der Waals surface area contributed by atoms with Gasteiger partial charge in [-0.3, -0.25) is 0 Å². The number of rotatable bonds is 2. The molecule has 6 nitrogen and oxygen atoms in total. The molecule has 22 heavy (non-hydrogen) atoms. The highest BCUT2D eigenvalue weighted by atomic mass is 15.4. The maximum Gasteiger partial charge on any atom is 0.224 e. The first-order valence-corrected chi connectivity index (χ1v) is 7.23. The topological polar surface area (TPSA) is 59.7 Å². The molecule has 110 valence electrons. The second kappa shape index (κ2) is 4.91. The SMILES string of the molecule is Cc1nc(N2Cc3cnc(-c4ccccc4)nc3C2)n(C)n1. The van der Waals surface area contributed by atoms with Gasteiger partial charge in [-0.25, -0.2) is 14.6 Å². The number of nitrogens with zero attached hydrogens (tertiary/aromatic N) is 6. The molecular formula is C16H16N6.